The number of rotatable bonds is 2. The lowest BCUT2D eigenvalue weighted by Gasteiger charge is -2.40. The van der Waals surface area contributed by atoms with Gasteiger partial charge >= 0.3 is 12.1 Å². The molecule has 2 unspecified atom stereocenters. The van der Waals surface area contributed by atoms with Crippen LogP contribution in [-0.2, 0) is 19.0 Å². The number of carbonyl (C=O) groups excluding carboxylic acids is 2. The summed E-state index contributed by atoms with van der Waals surface area (Å²) in [6.07, 6.45) is -0.718. The summed E-state index contributed by atoms with van der Waals surface area (Å²) in [5, 5.41) is 0. The fourth-order valence-electron chi connectivity index (χ4n) is 2.57. The molecule has 1 aliphatic heterocycles. The summed E-state index contributed by atoms with van der Waals surface area (Å²) in [6, 6.07) is 0. The number of esters is 1. The summed E-state index contributed by atoms with van der Waals surface area (Å²) in [7, 11) is 1.32. The van der Waals surface area contributed by atoms with Crippen molar-refractivity contribution in [3.8, 4) is 0 Å². The number of ether oxygens (including phenoxy) is 3. The summed E-state index contributed by atoms with van der Waals surface area (Å²) in [4.78, 5) is 26.5. The molecule has 0 N–H and O–H groups in total. The van der Waals surface area contributed by atoms with Crippen LogP contribution in [0.15, 0.2) is 0 Å². The Balaban J connectivity index is 3.29. The smallest absolute Gasteiger partial charge is 0.413 e. The van der Waals surface area contributed by atoms with Crippen LogP contribution in [0.25, 0.3) is 0 Å². The first kappa shape index (κ1) is 18.7. The van der Waals surface area contributed by atoms with E-state index in [9.17, 15) is 9.59 Å². The van der Waals surface area contributed by atoms with Gasteiger partial charge in [-0.25, -0.2) is 9.59 Å². The van der Waals surface area contributed by atoms with Gasteiger partial charge in [0.1, 0.15) is 11.8 Å². The molecule has 22 heavy (non-hydrogen) atoms. The van der Waals surface area contributed by atoms with Gasteiger partial charge in [0.25, 0.3) is 0 Å². The number of methoxy groups -OCH3 is 1. The largest absolute Gasteiger partial charge is 0.467 e. The van der Waals surface area contributed by atoms with Crippen LogP contribution in [-0.4, -0.2) is 48.0 Å². The Hall–Kier alpha value is -1.30. The second-order valence-corrected chi connectivity index (χ2v) is 7.76. The molecule has 1 aliphatic rings. The van der Waals surface area contributed by atoms with E-state index < -0.39 is 29.4 Å². The molecule has 1 rings (SSSR count). The van der Waals surface area contributed by atoms with Gasteiger partial charge in [-0.15, -0.1) is 0 Å². The normalized spacial score (nSPS) is 26.0. The van der Waals surface area contributed by atoms with Gasteiger partial charge in [-0.1, -0.05) is 27.7 Å². The van der Waals surface area contributed by atoms with Gasteiger partial charge < -0.3 is 14.2 Å². The molecule has 128 valence electrons. The Morgan fingerprint density at radius 1 is 1.23 bits per heavy atom. The van der Waals surface area contributed by atoms with E-state index in [2.05, 4.69) is 0 Å². The summed E-state index contributed by atoms with van der Waals surface area (Å²) in [5.41, 5.74) is -2.16. The third kappa shape index (κ3) is 3.54. The predicted octanol–water partition coefficient (Wildman–Crippen LogP) is 2.95. The van der Waals surface area contributed by atoms with Crippen molar-refractivity contribution in [1.82, 2.24) is 4.90 Å². The Kier molecular flexibility index (Phi) is 5.17. The molecule has 0 saturated carbocycles. The minimum atomic E-state index is -1.14. The molecule has 0 aliphatic carbocycles. The summed E-state index contributed by atoms with van der Waals surface area (Å²) in [5.74, 6) is -0.479. The van der Waals surface area contributed by atoms with Gasteiger partial charge in [-0.2, -0.15) is 0 Å². The third-order valence-electron chi connectivity index (χ3n) is 3.66. The summed E-state index contributed by atoms with van der Waals surface area (Å²) >= 11 is 0. The van der Waals surface area contributed by atoms with Gasteiger partial charge in [0.15, 0.2) is 5.54 Å². The van der Waals surface area contributed by atoms with Crippen molar-refractivity contribution >= 4 is 12.1 Å². The SMILES string of the molecule is CCC1(C(=O)OC)COC(C(C)(C)C)N1C(=O)OC(C)(C)C. The lowest BCUT2D eigenvalue weighted by Crippen LogP contribution is -2.60. The number of nitrogens with zero attached hydrogens (tertiary/aromatic N) is 1. The molecular weight excluding hydrogens is 286 g/mol. The molecule has 1 amide bonds. The van der Waals surface area contributed by atoms with E-state index >= 15 is 0 Å². The molecule has 1 saturated heterocycles. The number of carbonyl (C=O) groups is 2. The fourth-order valence-corrected chi connectivity index (χ4v) is 2.57. The minimum absolute atomic E-state index is 0.108. The molecule has 1 heterocycles. The van der Waals surface area contributed by atoms with E-state index in [1.54, 1.807) is 20.8 Å². The van der Waals surface area contributed by atoms with Crippen LogP contribution >= 0.6 is 0 Å². The van der Waals surface area contributed by atoms with E-state index in [0.29, 0.717) is 6.42 Å². The second kappa shape index (κ2) is 6.07. The van der Waals surface area contributed by atoms with Crippen LogP contribution in [0.3, 0.4) is 0 Å². The first-order chi connectivity index (χ1) is 9.89. The predicted molar refractivity (Wildman–Crippen MR) is 82.3 cm³/mol. The molecule has 0 spiro atoms. The maximum absolute atomic E-state index is 12.7. The number of hydrogen-bond donors (Lipinski definition) is 0. The van der Waals surface area contributed by atoms with Crippen molar-refractivity contribution in [2.75, 3.05) is 13.7 Å². The highest BCUT2D eigenvalue weighted by atomic mass is 16.6. The van der Waals surface area contributed by atoms with Gasteiger partial charge in [0.2, 0.25) is 0 Å². The Bertz CT molecular complexity index is 435. The molecule has 1 fully saturated rings. The number of hydrogen-bond acceptors (Lipinski definition) is 5. The van der Waals surface area contributed by atoms with E-state index in [0.717, 1.165) is 0 Å². The van der Waals surface area contributed by atoms with Gasteiger partial charge in [-0.05, 0) is 27.2 Å². The van der Waals surface area contributed by atoms with Crippen molar-refractivity contribution in [1.29, 1.82) is 0 Å². The van der Waals surface area contributed by atoms with Crippen LogP contribution in [0.4, 0.5) is 4.79 Å². The Morgan fingerprint density at radius 3 is 2.14 bits per heavy atom. The zero-order valence-corrected chi connectivity index (χ0v) is 15.0. The quantitative estimate of drug-likeness (QED) is 0.733. The van der Waals surface area contributed by atoms with Crippen molar-refractivity contribution in [2.24, 2.45) is 5.41 Å². The Morgan fingerprint density at radius 2 is 1.77 bits per heavy atom. The Labute approximate surface area is 133 Å². The third-order valence-corrected chi connectivity index (χ3v) is 3.66. The first-order valence-electron chi connectivity index (χ1n) is 7.61. The zero-order valence-electron chi connectivity index (χ0n) is 15.0. The molecule has 0 radical (unpaired) electrons. The first-order valence-corrected chi connectivity index (χ1v) is 7.61. The van der Waals surface area contributed by atoms with Crippen molar-refractivity contribution in [3.05, 3.63) is 0 Å². The van der Waals surface area contributed by atoms with Crippen LogP contribution in [0.5, 0.6) is 0 Å². The second-order valence-electron chi connectivity index (χ2n) is 7.76. The minimum Gasteiger partial charge on any atom is -0.467 e. The molecule has 6 heteroatoms. The van der Waals surface area contributed by atoms with E-state index in [1.165, 1.54) is 12.0 Å². The summed E-state index contributed by atoms with van der Waals surface area (Å²) in [6.45, 7) is 13.2. The monoisotopic (exact) mass is 315 g/mol. The van der Waals surface area contributed by atoms with E-state index in [1.807, 2.05) is 27.7 Å². The van der Waals surface area contributed by atoms with Gasteiger partial charge in [0, 0.05) is 5.41 Å². The van der Waals surface area contributed by atoms with Crippen LogP contribution in [0.1, 0.15) is 54.9 Å². The molecule has 6 nitrogen and oxygen atoms in total. The van der Waals surface area contributed by atoms with Crippen molar-refractivity contribution in [3.63, 3.8) is 0 Å². The standard InChI is InChI=1S/C16H29NO5/c1-9-16(12(18)20-8)10-21-11(14(2,3)4)17(16)13(19)22-15(5,6)7/h11H,9-10H2,1-8H3. The average Bonchev–Trinajstić information content (AvgIpc) is 2.76. The lowest BCUT2D eigenvalue weighted by atomic mass is 9.90. The highest BCUT2D eigenvalue weighted by molar-refractivity contribution is 5.86. The van der Waals surface area contributed by atoms with Crippen LogP contribution in [0, 0.1) is 5.41 Å². The topological polar surface area (TPSA) is 65.1 Å². The van der Waals surface area contributed by atoms with Crippen LogP contribution < -0.4 is 0 Å². The average molecular weight is 315 g/mol. The van der Waals surface area contributed by atoms with Gasteiger partial charge in [0.05, 0.1) is 13.7 Å². The molecular formula is C16H29NO5. The summed E-state index contributed by atoms with van der Waals surface area (Å²) < 4.78 is 16.2. The van der Waals surface area contributed by atoms with Crippen LogP contribution in [0.2, 0.25) is 0 Å². The number of amides is 1. The highest BCUT2D eigenvalue weighted by Gasteiger charge is 2.58. The highest BCUT2D eigenvalue weighted by Crippen LogP contribution is 2.40. The van der Waals surface area contributed by atoms with Gasteiger partial charge in [-0.3, -0.25) is 4.90 Å². The maximum Gasteiger partial charge on any atom is 0.413 e. The molecule has 0 aromatic carbocycles. The fraction of sp³-hybridized carbons (Fsp3) is 0.875. The molecule has 0 aromatic rings. The molecule has 2 atom stereocenters. The molecule has 0 bridgehead atoms. The zero-order chi connectivity index (χ0) is 17.3. The van der Waals surface area contributed by atoms with E-state index in [-0.39, 0.29) is 12.0 Å². The van der Waals surface area contributed by atoms with Crippen molar-refractivity contribution in [2.45, 2.75) is 72.3 Å². The van der Waals surface area contributed by atoms with Crippen molar-refractivity contribution < 1.29 is 23.8 Å². The van der Waals surface area contributed by atoms with E-state index in [4.69, 9.17) is 14.2 Å². The lowest BCUT2D eigenvalue weighted by molar-refractivity contribution is -0.154. The maximum atomic E-state index is 12.7. The molecule has 0 aromatic heterocycles.